The van der Waals surface area contributed by atoms with Crippen LogP contribution in [0.5, 0.6) is 0 Å². The van der Waals surface area contributed by atoms with Crippen molar-refractivity contribution < 1.29 is 4.79 Å². The van der Waals surface area contributed by atoms with Gasteiger partial charge in [-0.25, -0.2) is 0 Å². The van der Waals surface area contributed by atoms with Crippen LogP contribution < -0.4 is 5.73 Å². The number of hydrogen-bond donors (Lipinski definition) is 1. The Bertz CT molecular complexity index is 716. The molecule has 2 unspecified atom stereocenters. The molecule has 1 aliphatic rings. The summed E-state index contributed by atoms with van der Waals surface area (Å²) in [5.74, 6) is 0.912. The molecule has 126 valence electrons. The zero-order valence-corrected chi connectivity index (χ0v) is 15.2. The molecular formula is C17H26N4OS. The van der Waals surface area contributed by atoms with Crippen molar-refractivity contribution in [1.82, 2.24) is 14.7 Å². The highest BCUT2D eigenvalue weighted by molar-refractivity contribution is 7.20. The van der Waals surface area contributed by atoms with Crippen molar-refractivity contribution >= 4 is 27.5 Å². The highest BCUT2D eigenvalue weighted by Crippen LogP contribution is 2.32. The molecule has 2 aromatic rings. The van der Waals surface area contributed by atoms with E-state index in [0.29, 0.717) is 11.8 Å². The molecule has 1 aliphatic heterocycles. The molecule has 2 atom stereocenters. The van der Waals surface area contributed by atoms with Gasteiger partial charge >= 0.3 is 0 Å². The molecule has 5 nitrogen and oxygen atoms in total. The monoisotopic (exact) mass is 334 g/mol. The number of hydrogen-bond acceptors (Lipinski definition) is 4. The molecular weight excluding hydrogens is 308 g/mol. The van der Waals surface area contributed by atoms with Crippen molar-refractivity contribution in [2.24, 2.45) is 18.7 Å². The van der Waals surface area contributed by atoms with Crippen LogP contribution in [0.3, 0.4) is 0 Å². The molecule has 3 heterocycles. The van der Waals surface area contributed by atoms with Gasteiger partial charge in [-0.05, 0) is 37.7 Å². The summed E-state index contributed by atoms with van der Waals surface area (Å²) < 4.78 is 1.90. The van der Waals surface area contributed by atoms with E-state index < -0.39 is 0 Å². The van der Waals surface area contributed by atoms with Crippen molar-refractivity contribution in [3.63, 3.8) is 0 Å². The van der Waals surface area contributed by atoms with E-state index in [1.165, 1.54) is 0 Å². The Morgan fingerprint density at radius 2 is 2.17 bits per heavy atom. The van der Waals surface area contributed by atoms with Gasteiger partial charge in [-0.1, -0.05) is 13.8 Å². The van der Waals surface area contributed by atoms with Crippen molar-refractivity contribution in [1.29, 1.82) is 0 Å². The van der Waals surface area contributed by atoms with Crippen LogP contribution >= 0.6 is 11.3 Å². The third-order valence-corrected chi connectivity index (χ3v) is 5.98. The lowest BCUT2D eigenvalue weighted by Gasteiger charge is -2.34. The quantitative estimate of drug-likeness (QED) is 0.938. The maximum absolute atomic E-state index is 12.9. The predicted octanol–water partition coefficient (Wildman–Crippen LogP) is 2.96. The smallest absolute Gasteiger partial charge is 0.264 e. The van der Waals surface area contributed by atoms with E-state index in [1.54, 1.807) is 11.3 Å². The Morgan fingerprint density at radius 1 is 1.43 bits per heavy atom. The summed E-state index contributed by atoms with van der Waals surface area (Å²) in [5, 5.41) is 5.70. The summed E-state index contributed by atoms with van der Waals surface area (Å²) >= 11 is 1.55. The van der Waals surface area contributed by atoms with Crippen LogP contribution in [-0.4, -0.2) is 39.7 Å². The number of amides is 1. The van der Waals surface area contributed by atoms with Crippen LogP contribution in [0.25, 0.3) is 10.2 Å². The molecule has 6 heteroatoms. The van der Waals surface area contributed by atoms with Gasteiger partial charge in [-0.3, -0.25) is 9.48 Å². The first-order valence-corrected chi connectivity index (χ1v) is 9.21. The molecule has 0 aliphatic carbocycles. The van der Waals surface area contributed by atoms with Gasteiger partial charge < -0.3 is 10.6 Å². The molecule has 2 N–H and O–H groups in total. The number of carbonyl (C=O) groups is 1. The van der Waals surface area contributed by atoms with Crippen molar-refractivity contribution in [2.45, 2.75) is 45.6 Å². The van der Waals surface area contributed by atoms with Gasteiger partial charge in [0.15, 0.2) is 0 Å². The topological polar surface area (TPSA) is 64.2 Å². The molecule has 0 radical (unpaired) electrons. The van der Waals surface area contributed by atoms with E-state index >= 15 is 0 Å². The number of piperidine rings is 1. The van der Waals surface area contributed by atoms with Gasteiger partial charge in [0.1, 0.15) is 4.83 Å². The average Bonchev–Trinajstić information content (AvgIpc) is 3.07. The molecule has 0 saturated carbocycles. The van der Waals surface area contributed by atoms with E-state index in [2.05, 4.69) is 18.9 Å². The molecule has 1 amide bonds. The number of fused-ring (bicyclic) bond motifs is 1. The Balaban J connectivity index is 1.88. The van der Waals surface area contributed by atoms with E-state index in [1.807, 2.05) is 29.6 Å². The van der Waals surface area contributed by atoms with Gasteiger partial charge in [0.05, 0.1) is 10.6 Å². The molecule has 0 aromatic carbocycles. The lowest BCUT2D eigenvalue weighted by Crippen LogP contribution is -2.44. The van der Waals surface area contributed by atoms with E-state index in [-0.39, 0.29) is 11.9 Å². The third-order valence-electron chi connectivity index (χ3n) is 4.79. The fraction of sp³-hybridized carbons (Fsp3) is 0.647. The van der Waals surface area contributed by atoms with Gasteiger partial charge in [0.2, 0.25) is 0 Å². The molecule has 0 bridgehead atoms. The lowest BCUT2D eigenvalue weighted by molar-refractivity contribution is 0.0666. The molecule has 23 heavy (non-hydrogen) atoms. The first-order chi connectivity index (χ1) is 10.9. The largest absolute Gasteiger partial charge is 0.338 e. The van der Waals surface area contributed by atoms with Crippen LogP contribution in [0.1, 0.15) is 54.9 Å². The highest BCUT2D eigenvalue weighted by Gasteiger charge is 2.28. The molecule has 1 saturated heterocycles. The maximum atomic E-state index is 12.9. The number of nitrogens with zero attached hydrogens (tertiary/aromatic N) is 3. The number of aromatic nitrogens is 2. The first-order valence-electron chi connectivity index (χ1n) is 8.39. The van der Waals surface area contributed by atoms with Gasteiger partial charge in [-0.2, -0.15) is 5.10 Å². The second kappa shape index (κ2) is 6.24. The van der Waals surface area contributed by atoms with Crippen LogP contribution in [0.4, 0.5) is 0 Å². The first kappa shape index (κ1) is 16.5. The Hall–Kier alpha value is -1.40. The number of carbonyl (C=O) groups excluding carboxylic acids is 1. The van der Waals surface area contributed by atoms with Crippen LogP contribution in [-0.2, 0) is 7.05 Å². The van der Waals surface area contributed by atoms with Crippen LogP contribution in [0.15, 0.2) is 6.07 Å². The predicted molar refractivity (Wildman–Crippen MR) is 95.0 cm³/mol. The van der Waals surface area contributed by atoms with Crippen molar-refractivity contribution in [3.05, 3.63) is 16.6 Å². The van der Waals surface area contributed by atoms with Crippen molar-refractivity contribution in [3.8, 4) is 0 Å². The van der Waals surface area contributed by atoms with E-state index in [4.69, 9.17) is 5.73 Å². The lowest BCUT2D eigenvalue weighted by atomic mass is 9.92. The zero-order valence-electron chi connectivity index (χ0n) is 14.4. The molecule has 3 rings (SSSR count). The SMILES string of the molecule is CC(C)c1nn(C)c2sc(C(=O)N3CCCC(C(C)N)C3)cc12. The maximum Gasteiger partial charge on any atom is 0.264 e. The normalized spacial score (nSPS) is 20.4. The Morgan fingerprint density at radius 3 is 2.83 bits per heavy atom. The van der Waals surface area contributed by atoms with E-state index in [9.17, 15) is 4.79 Å². The summed E-state index contributed by atoms with van der Waals surface area (Å²) in [7, 11) is 1.95. The van der Waals surface area contributed by atoms with Crippen LogP contribution in [0, 0.1) is 5.92 Å². The van der Waals surface area contributed by atoms with Crippen LogP contribution in [0.2, 0.25) is 0 Å². The van der Waals surface area contributed by atoms with E-state index in [0.717, 1.165) is 46.7 Å². The summed E-state index contributed by atoms with van der Waals surface area (Å²) in [4.78, 5) is 16.8. The van der Waals surface area contributed by atoms with Gasteiger partial charge in [0, 0.05) is 31.6 Å². The second-order valence-corrected chi connectivity index (χ2v) is 8.04. The fourth-order valence-corrected chi connectivity index (χ4v) is 4.43. The standard InChI is InChI=1S/C17H26N4OS/c1-10(2)15-13-8-14(23-17(13)20(4)19-15)16(22)21-7-5-6-12(9-21)11(3)18/h8,10-12H,5-7,9,18H2,1-4H3. The minimum absolute atomic E-state index is 0.143. The Kier molecular flexibility index (Phi) is 4.47. The minimum atomic E-state index is 0.143. The second-order valence-electron chi connectivity index (χ2n) is 7.01. The zero-order chi connectivity index (χ0) is 16.7. The molecule has 2 aromatic heterocycles. The summed E-state index contributed by atoms with van der Waals surface area (Å²) in [6.45, 7) is 7.93. The summed E-state index contributed by atoms with van der Waals surface area (Å²) in [6, 6.07) is 2.17. The van der Waals surface area contributed by atoms with Gasteiger partial charge in [-0.15, -0.1) is 11.3 Å². The highest BCUT2D eigenvalue weighted by atomic mass is 32.1. The summed E-state index contributed by atoms with van der Waals surface area (Å²) in [6.07, 6.45) is 2.16. The number of aryl methyl sites for hydroxylation is 1. The Labute approximate surface area is 141 Å². The number of thiophene rings is 1. The fourth-order valence-electron chi connectivity index (χ4n) is 3.38. The average molecular weight is 334 g/mol. The molecule has 1 fully saturated rings. The van der Waals surface area contributed by atoms with Crippen molar-refractivity contribution in [2.75, 3.05) is 13.1 Å². The third kappa shape index (κ3) is 3.02. The minimum Gasteiger partial charge on any atom is -0.338 e. The number of nitrogens with two attached hydrogens (primary N) is 1. The number of rotatable bonds is 3. The van der Waals surface area contributed by atoms with Gasteiger partial charge in [0.25, 0.3) is 5.91 Å². The molecule has 0 spiro atoms. The summed E-state index contributed by atoms with van der Waals surface area (Å²) in [5.41, 5.74) is 7.11. The number of likely N-dealkylation sites (tertiary alicyclic amines) is 1.